The maximum Gasteiger partial charge on any atom is 0.257 e. The van der Waals surface area contributed by atoms with Crippen LogP contribution >= 0.6 is 0 Å². The highest BCUT2D eigenvalue weighted by atomic mass is 16.5. The van der Waals surface area contributed by atoms with Crippen LogP contribution in [0.2, 0.25) is 0 Å². The largest absolute Gasteiger partial charge is 0.484 e. The molecule has 0 spiro atoms. The second kappa shape index (κ2) is 7.88. The quantitative estimate of drug-likeness (QED) is 0.835. The molecule has 1 aromatic rings. The van der Waals surface area contributed by atoms with Crippen LogP contribution in [0.15, 0.2) is 24.3 Å². The van der Waals surface area contributed by atoms with Crippen molar-refractivity contribution in [3.05, 3.63) is 24.3 Å². The van der Waals surface area contributed by atoms with E-state index in [0.29, 0.717) is 5.75 Å². The minimum atomic E-state index is -0.125. The van der Waals surface area contributed by atoms with Gasteiger partial charge in [-0.05, 0) is 51.0 Å². The zero-order valence-corrected chi connectivity index (χ0v) is 12.9. The van der Waals surface area contributed by atoms with Gasteiger partial charge in [-0.25, -0.2) is 0 Å². The Hall–Kier alpha value is -1.75. The van der Waals surface area contributed by atoms with Crippen LogP contribution in [0, 0.1) is 5.92 Å². The minimum Gasteiger partial charge on any atom is -0.484 e. The number of carbonyl (C=O) groups is 1. The Labute approximate surface area is 126 Å². The summed E-state index contributed by atoms with van der Waals surface area (Å²) in [5.41, 5.74) is 1.04. The minimum absolute atomic E-state index is 0.0505. The first-order valence-electron chi connectivity index (χ1n) is 7.53. The van der Waals surface area contributed by atoms with Crippen molar-refractivity contribution in [1.29, 1.82) is 0 Å². The summed E-state index contributed by atoms with van der Waals surface area (Å²) < 4.78 is 5.45. The van der Waals surface area contributed by atoms with Gasteiger partial charge in [0.2, 0.25) is 0 Å². The van der Waals surface area contributed by atoms with Crippen molar-refractivity contribution in [2.75, 3.05) is 45.7 Å². The number of likely N-dealkylation sites (N-methyl/N-ethyl adjacent to an activating group) is 1. The van der Waals surface area contributed by atoms with Crippen molar-refractivity contribution in [2.45, 2.75) is 12.8 Å². The summed E-state index contributed by atoms with van der Waals surface area (Å²) in [5, 5.41) is 6.01. The molecule has 1 aliphatic heterocycles. The number of anilines is 1. The number of ether oxygens (including phenoxy) is 1. The van der Waals surface area contributed by atoms with Crippen LogP contribution in [0.3, 0.4) is 0 Å². The van der Waals surface area contributed by atoms with Gasteiger partial charge in [0.25, 0.3) is 5.91 Å². The number of piperidine rings is 1. The van der Waals surface area contributed by atoms with Gasteiger partial charge in [0.15, 0.2) is 6.61 Å². The number of carbonyl (C=O) groups excluding carboxylic acids is 1. The number of benzene rings is 1. The summed E-state index contributed by atoms with van der Waals surface area (Å²) >= 11 is 0. The van der Waals surface area contributed by atoms with Crippen LogP contribution in [0.5, 0.6) is 5.75 Å². The van der Waals surface area contributed by atoms with Gasteiger partial charge in [-0.3, -0.25) is 4.79 Å². The topological polar surface area (TPSA) is 53.6 Å². The number of nitrogens with one attached hydrogen (secondary N) is 2. The first-order valence-corrected chi connectivity index (χ1v) is 7.53. The standard InChI is InChI=1S/C16H25N3O2/c1-17-16(20)12-21-15-5-3-4-14(10-15)18-11-13-6-8-19(2)9-7-13/h3-5,10,13,18H,6-9,11-12H2,1-2H3,(H,17,20). The molecule has 5 nitrogen and oxygen atoms in total. The molecule has 1 heterocycles. The molecular weight excluding hydrogens is 266 g/mol. The Kier molecular flexibility index (Phi) is 5.87. The molecule has 0 radical (unpaired) electrons. The maximum atomic E-state index is 11.2. The monoisotopic (exact) mass is 291 g/mol. The lowest BCUT2D eigenvalue weighted by Crippen LogP contribution is -2.32. The number of hydrogen-bond acceptors (Lipinski definition) is 4. The zero-order valence-electron chi connectivity index (χ0n) is 12.9. The fourth-order valence-corrected chi connectivity index (χ4v) is 2.45. The van der Waals surface area contributed by atoms with Crippen LogP contribution in [0.1, 0.15) is 12.8 Å². The molecule has 21 heavy (non-hydrogen) atoms. The van der Waals surface area contributed by atoms with Crippen LogP contribution < -0.4 is 15.4 Å². The summed E-state index contributed by atoms with van der Waals surface area (Å²) in [6, 6.07) is 7.78. The smallest absolute Gasteiger partial charge is 0.257 e. The average molecular weight is 291 g/mol. The third kappa shape index (κ3) is 5.27. The van der Waals surface area contributed by atoms with E-state index in [0.717, 1.165) is 18.2 Å². The van der Waals surface area contributed by atoms with E-state index < -0.39 is 0 Å². The third-order valence-corrected chi connectivity index (χ3v) is 3.92. The predicted octanol–water partition coefficient (Wildman–Crippen LogP) is 1.57. The highest BCUT2D eigenvalue weighted by Crippen LogP contribution is 2.20. The predicted molar refractivity (Wildman–Crippen MR) is 84.7 cm³/mol. The molecule has 0 unspecified atom stereocenters. The molecule has 0 aromatic heterocycles. The molecule has 1 amide bonds. The lowest BCUT2D eigenvalue weighted by Gasteiger charge is -2.29. The maximum absolute atomic E-state index is 11.2. The molecule has 116 valence electrons. The fourth-order valence-electron chi connectivity index (χ4n) is 2.45. The molecule has 1 fully saturated rings. The van der Waals surface area contributed by atoms with Gasteiger partial charge in [0.05, 0.1) is 0 Å². The number of rotatable bonds is 6. The summed E-state index contributed by atoms with van der Waals surface area (Å²) in [6.07, 6.45) is 2.49. The number of likely N-dealkylation sites (tertiary alicyclic amines) is 1. The molecule has 0 aliphatic carbocycles. The van der Waals surface area contributed by atoms with Gasteiger partial charge in [-0.2, -0.15) is 0 Å². The van der Waals surface area contributed by atoms with E-state index in [2.05, 4.69) is 22.6 Å². The number of nitrogens with zero attached hydrogens (tertiary/aromatic N) is 1. The molecule has 0 bridgehead atoms. The Bertz CT molecular complexity index is 457. The van der Waals surface area contributed by atoms with E-state index in [1.165, 1.54) is 25.9 Å². The summed E-state index contributed by atoms with van der Waals surface area (Å²) in [6.45, 7) is 3.41. The van der Waals surface area contributed by atoms with Crippen molar-refractivity contribution >= 4 is 11.6 Å². The molecule has 1 aliphatic rings. The first kappa shape index (κ1) is 15.6. The van der Waals surface area contributed by atoms with Crippen molar-refractivity contribution in [2.24, 2.45) is 5.92 Å². The highest BCUT2D eigenvalue weighted by molar-refractivity contribution is 5.77. The van der Waals surface area contributed by atoms with Gasteiger partial charge in [-0.15, -0.1) is 0 Å². The van der Waals surface area contributed by atoms with E-state index in [9.17, 15) is 4.79 Å². The zero-order chi connectivity index (χ0) is 15.1. The molecule has 0 atom stereocenters. The molecule has 5 heteroatoms. The number of amides is 1. The molecule has 2 N–H and O–H groups in total. The second-order valence-corrected chi connectivity index (χ2v) is 5.62. The van der Waals surface area contributed by atoms with E-state index in [-0.39, 0.29) is 12.5 Å². The molecule has 1 saturated heterocycles. The third-order valence-electron chi connectivity index (χ3n) is 3.92. The van der Waals surface area contributed by atoms with Gasteiger partial charge in [-0.1, -0.05) is 6.07 Å². The lowest BCUT2D eigenvalue weighted by atomic mass is 9.97. The SMILES string of the molecule is CNC(=O)COc1cccc(NCC2CCN(C)CC2)c1. The Balaban J connectivity index is 1.79. The Morgan fingerprint density at radius 2 is 2.14 bits per heavy atom. The van der Waals surface area contributed by atoms with E-state index in [1.807, 2.05) is 24.3 Å². The first-order chi connectivity index (χ1) is 10.2. The molecule has 1 aromatic carbocycles. The van der Waals surface area contributed by atoms with Crippen molar-refractivity contribution in [3.63, 3.8) is 0 Å². The van der Waals surface area contributed by atoms with Crippen molar-refractivity contribution < 1.29 is 9.53 Å². The fraction of sp³-hybridized carbons (Fsp3) is 0.562. The van der Waals surface area contributed by atoms with Crippen LogP contribution in [0.4, 0.5) is 5.69 Å². The van der Waals surface area contributed by atoms with Crippen molar-refractivity contribution in [3.8, 4) is 5.75 Å². The summed E-state index contributed by atoms with van der Waals surface area (Å²) in [5.74, 6) is 1.32. The molecule has 2 rings (SSSR count). The second-order valence-electron chi connectivity index (χ2n) is 5.62. The number of hydrogen-bond donors (Lipinski definition) is 2. The van der Waals surface area contributed by atoms with Crippen molar-refractivity contribution in [1.82, 2.24) is 10.2 Å². The summed E-state index contributed by atoms with van der Waals surface area (Å²) in [7, 11) is 3.78. The summed E-state index contributed by atoms with van der Waals surface area (Å²) in [4.78, 5) is 13.6. The lowest BCUT2D eigenvalue weighted by molar-refractivity contribution is -0.122. The molecule has 0 saturated carbocycles. The average Bonchev–Trinajstić information content (AvgIpc) is 2.52. The van der Waals surface area contributed by atoms with Gasteiger partial charge >= 0.3 is 0 Å². The van der Waals surface area contributed by atoms with Gasteiger partial charge < -0.3 is 20.3 Å². The van der Waals surface area contributed by atoms with E-state index >= 15 is 0 Å². The Morgan fingerprint density at radius 1 is 1.38 bits per heavy atom. The van der Waals surface area contributed by atoms with Gasteiger partial charge in [0.1, 0.15) is 5.75 Å². The highest BCUT2D eigenvalue weighted by Gasteiger charge is 2.16. The van der Waals surface area contributed by atoms with E-state index in [4.69, 9.17) is 4.74 Å². The van der Waals surface area contributed by atoms with Gasteiger partial charge in [0, 0.05) is 25.3 Å². The van der Waals surface area contributed by atoms with Crippen LogP contribution in [0.25, 0.3) is 0 Å². The molecular formula is C16H25N3O2. The van der Waals surface area contributed by atoms with Crippen LogP contribution in [-0.4, -0.2) is 51.1 Å². The van der Waals surface area contributed by atoms with Crippen LogP contribution in [-0.2, 0) is 4.79 Å². The Morgan fingerprint density at radius 3 is 2.86 bits per heavy atom. The normalized spacial score (nSPS) is 16.5. The van der Waals surface area contributed by atoms with E-state index in [1.54, 1.807) is 7.05 Å².